The van der Waals surface area contributed by atoms with Crippen LogP contribution >= 0.6 is 0 Å². The van der Waals surface area contributed by atoms with Crippen LogP contribution in [-0.4, -0.2) is 16.3 Å². The molecule has 0 amide bonds. The van der Waals surface area contributed by atoms with Crippen molar-refractivity contribution in [1.82, 2.24) is 15.1 Å². The van der Waals surface area contributed by atoms with Gasteiger partial charge in [0.25, 0.3) is 0 Å². The van der Waals surface area contributed by atoms with Crippen LogP contribution in [0, 0.1) is 0 Å². The largest absolute Gasteiger partial charge is 0.325 e. The minimum atomic E-state index is 0.542. The van der Waals surface area contributed by atoms with Crippen LogP contribution in [0.25, 0.3) is 0 Å². The lowest BCUT2D eigenvalue weighted by Crippen LogP contribution is -2.28. The third kappa shape index (κ3) is 1.15. The van der Waals surface area contributed by atoms with Crippen molar-refractivity contribution >= 4 is 0 Å². The van der Waals surface area contributed by atoms with Crippen molar-refractivity contribution in [2.24, 2.45) is 5.73 Å². The smallest absolute Gasteiger partial charge is 0.0763 e. The van der Waals surface area contributed by atoms with Gasteiger partial charge in [-0.25, -0.2) is 0 Å². The van der Waals surface area contributed by atoms with E-state index in [0.29, 0.717) is 6.54 Å². The summed E-state index contributed by atoms with van der Waals surface area (Å²) in [5.74, 6) is 0. The summed E-state index contributed by atoms with van der Waals surface area (Å²) >= 11 is 0. The monoisotopic (exact) mass is 152 g/mol. The number of hydrogen-bond donors (Lipinski definition) is 2. The first-order valence-electron chi connectivity index (χ1n) is 3.86. The third-order valence-corrected chi connectivity index (χ3v) is 1.93. The quantitative estimate of drug-likeness (QED) is 0.567. The van der Waals surface area contributed by atoms with Crippen molar-refractivity contribution in [2.75, 3.05) is 6.54 Å². The summed E-state index contributed by atoms with van der Waals surface area (Å²) in [7, 11) is 0. The Labute approximate surface area is 65.4 Å². The van der Waals surface area contributed by atoms with E-state index in [1.165, 1.54) is 5.69 Å². The lowest BCUT2D eigenvalue weighted by molar-refractivity contribution is 0.473. The highest BCUT2D eigenvalue weighted by atomic mass is 15.3. The standard InChI is InChI=1S/C7H12N4/c8-4-6-3-7-5-9-1-2-11(7)10-6/h3,9H,1-2,4-5,8H2. The van der Waals surface area contributed by atoms with Gasteiger partial charge in [0.1, 0.15) is 0 Å². The first-order chi connectivity index (χ1) is 5.40. The summed E-state index contributed by atoms with van der Waals surface area (Å²) in [6, 6.07) is 2.06. The van der Waals surface area contributed by atoms with E-state index in [9.17, 15) is 0 Å². The summed E-state index contributed by atoms with van der Waals surface area (Å²) < 4.78 is 2.03. The van der Waals surface area contributed by atoms with Gasteiger partial charge < -0.3 is 11.1 Å². The molecule has 2 rings (SSSR count). The zero-order valence-corrected chi connectivity index (χ0v) is 6.38. The van der Waals surface area contributed by atoms with Crippen LogP contribution in [0.1, 0.15) is 11.4 Å². The van der Waals surface area contributed by atoms with Gasteiger partial charge in [0.2, 0.25) is 0 Å². The molecule has 0 saturated carbocycles. The van der Waals surface area contributed by atoms with Crippen molar-refractivity contribution in [3.05, 3.63) is 17.5 Å². The van der Waals surface area contributed by atoms with Gasteiger partial charge in [0.15, 0.2) is 0 Å². The van der Waals surface area contributed by atoms with E-state index in [4.69, 9.17) is 5.73 Å². The molecule has 4 heteroatoms. The minimum Gasteiger partial charge on any atom is -0.325 e. The molecule has 2 heterocycles. The Hall–Kier alpha value is -0.870. The molecule has 0 radical (unpaired) electrons. The van der Waals surface area contributed by atoms with Crippen molar-refractivity contribution in [3.8, 4) is 0 Å². The van der Waals surface area contributed by atoms with Crippen molar-refractivity contribution in [3.63, 3.8) is 0 Å². The van der Waals surface area contributed by atoms with Gasteiger partial charge in [0, 0.05) is 19.6 Å². The molecule has 0 unspecified atom stereocenters. The molecule has 11 heavy (non-hydrogen) atoms. The molecule has 0 aromatic carbocycles. The number of hydrogen-bond acceptors (Lipinski definition) is 3. The predicted octanol–water partition coefficient (Wildman–Crippen LogP) is -0.555. The minimum absolute atomic E-state index is 0.542. The fourth-order valence-electron chi connectivity index (χ4n) is 1.35. The van der Waals surface area contributed by atoms with E-state index < -0.39 is 0 Å². The Morgan fingerprint density at radius 3 is 3.36 bits per heavy atom. The topological polar surface area (TPSA) is 55.9 Å². The molecule has 1 aliphatic rings. The lowest BCUT2D eigenvalue weighted by atomic mass is 10.3. The molecule has 0 bridgehead atoms. The number of nitrogens with one attached hydrogen (secondary N) is 1. The average molecular weight is 152 g/mol. The van der Waals surface area contributed by atoms with E-state index in [0.717, 1.165) is 25.3 Å². The van der Waals surface area contributed by atoms with E-state index in [1.54, 1.807) is 0 Å². The molecule has 1 aromatic heterocycles. The second-order valence-corrected chi connectivity index (χ2v) is 2.73. The zero-order chi connectivity index (χ0) is 7.68. The van der Waals surface area contributed by atoms with E-state index in [-0.39, 0.29) is 0 Å². The molecule has 0 aliphatic carbocycles. The molecule has 3 N–H and O–H groups in total. The molecule has 4 nitrogen and oxygen atoms in total. The predicted molar refractivity (Wildman–Crippen MR) is 41.8 cm³/mol. The first kappa shape index (κ1) is 6.82. The number of rotatable bonds is 1. The van der Waals surface area contributed by atoms with Crippen LogP contribution in [0.3, 0.4) is 0 Å². The molecule has 60 valence electrons. The Kier molecular flexibility index (Phi) is 1.63. The van der Waals surface area contributed by atoms with Gasteiger partial charge in [-0.1, -0.05) is 0 Å². The highest BCUT2D eigenvalue weighted by Gasteiger charge is 2.09. The van der Waals surface area contributed by atoms with Crippen LogP contribution in [0.4, 0.5) is 0 Å². The molecule has 0 atom stereocenters. The van der Waals surface area contributed by atoms with Crippen LogP contribution in [-0.2, 0) is 19.6 Å². The second-order valence-electron chi connectivity index (χ2n) is 2.73. The highest BCUT2D eigenvalue weighted by Crippen LogP contribution is 2.06. The summed E-state index contributed by atoms with van der Waals surface area (Å²) in [6.45, 7) is 3.45. The van der Waals surface area contributed by atoms with Gasteiger partial charge in [-0.3, -0.25) is 4.68 Å². The Morgan fingerprint density at radius 1 is 1.73 bits per heavy atom. The average Bonchev–Trinajstić information content (AvgIpc) is 2.46. The third-order valence-electron chi connectivity index (χ3n) is 1.93. The van der Waals surface area contributed by atoms with E-state index in [2.05, 4.69) is 16.5 Å². The SMILES string of the molecule is NCc1cc2n(n1)CCNC2. The summed E-state index contributed by atoms with van der Waals surface area (Å²) in [4.78, 5) is 0. The van der Waals surface area contributed by atoms with Gasteiger partial charge in [-0.2, -0.15) is 5.10 Å². The number of fused-ring (bicyclic) bond motifs is 1. The van der Waals surface area contributed by atoms with Crippen LogP contribution in [0.2, 0.25) is 0 Å². The maximum absolute atomic E-state index is 5.47. The molecule has 0 saturated heterocycles. The fourth-order valence-corrected chi connectivity index (χ4v) is 1.35. The summed E-state index contributed by atoms with van der Waals surface area (Å²) in [5.41, 5.74) is 7.70. The van der Waals surface area contributed by atoms with Crippen molar-refractivity contribution < 1.29 is 0 Å². The molecule has 0 spiro atoms. The zero-order valence-electron chi connectivity index (χ0n) is 6.38. The maximum atomic E-state index is 5.47. The van der Waals surface area contributed by atoms with Crippen molar-refractivity contribution in [1.29, 1.82) is 0 Å². The number of aromatic nitrogens is 2. The second kappa shape index (κ2) is 2.64. The Morgan fingerprint density at radius 2 is 2.64 bits per heavy atom. The first-order valence-corrected chi connectivity index (χ1v) is 3.86. The van der Waals surface area contributed by atoms with E-state index in [1.807, 2.05) is 4.68 Å². The van der Waals surface area contributed by atoms with Gasteiger partial charge in [-0.15, -0.1) is 0 Å². The van der Waals surface area contributed by atoms with Crippen LogP contribution in [0.15, 0.2) is 6.07 Å². The lowest BCUT2D eigenvalue weighted by Gasteiger charge is -2.13. The molecule has 0 fully saturated rings. The number of nitrogens with two attached hydrogens (primary N) is 1. The van der Waals surface area contributed by atoms with Crippen molar-refractivity contribution in [2.45, 2.75) is 19.6 Å². The molecule has 1 aliphatic heterocycles. The van der Waals surface area contributed by atoms with Crippen LogP contribution < -0.4 is 11.1 Å². The molecular weight excluding hydrogens is 140 g/mol. The van der Waals surface area contributed by atoms with Gasteiger partial charge in [-0.05, 0) is 6.07 Å². The van der Waals surface area contributed by atoms with Gasteiger partial charge >= 0.3 is 0 Å². The summed E-state index contributed by atoms with van der Waals surface area (Å²) in [6.07, 6.45) is 0. The Bertz CT molecular complexity index is 229. The summed E-state index contributed by atoms with van der Waals surface area (Å²) in [5, 5.41) is 7.60. The fraction of sp³-hybridized carbons (Fsp3) is 0.571. The normalized spacial score (nSPS) is 16.5. The van der Waals surface area contributed by atoms with Crippen LogP contribution in [0.5, 0.6) is 0 Å². The molecule has 1 aromatic rings. The van der Waals surface area contributed by atoms with Gasteiger partial charge in [0.05, 0.1) is 17.9 Å². The number of nitrogens with zero attached hydrogens (tertiary/aromatic N) is 2. The molecular formula is C7H12N4. The highest BCUT2D eigenvalue weighted by molar-refractivity contribution is 5.11. The van der Waals surface area contributed by atoms with E-state index >= 15 is 0 Å². The maximum Gasteiger partial charge on any atom is 0.0763 e. The Balaban J connectivity index is 2.32.